The van der Waals surface area contributed by atoms with Crippen LogP contribution in [-0.4, -0.2) is 53.6 Å². The van der Waals surface area contributed by atoms with Gasteiger partial charge in [0.1, 0.15) is 5.82 Å². The minimum atomic E-state index is -4.38. The van der Waals surface area contributed by atoms with Crippen molar-refractivity contribution in [1.82, 2.24) is 15.2 Å². The molecule has 1 N–H and O–H groups in total. The molecule has 1 aliphatic heterocycles. The van der Waals surface area contributed by atoms with Crippen molar-refractivity contribution in [3.8, 4) is 0 Å². The molecule has 2 heterocycles. The summed E-state index contributed by atoms with van der Waals surface area (Å²) in [5.74, 6) is 3.71. The smallest absolute Gasteiger partial charge is 0.354 e. The number of carbonyl (C=O) groups excluding carboxylic acids is 1. The number of nitrogens with zero attached hydrogens (tertiary/aromatic N) is 3. The number of rotatable bonds is 4. The Morgan fingerprint density at radius 1 is 0.969 bits per heavy atom. The summed E-state index contributed by atoms with van der Waals surface area (Å²) in [6.45, 7) is 6.59. The Bertz CT molecular complexity index is 818. The highest BCUT2D eigenvalue weighted by Gasteiger charge is 2.50. The number of hydrogen-bond acceptors (Lipinski definition) is 4. The van der Waals surface area contributed by atoms with E-state index in [0.717, 1.165) is 24.1 Å². The van der Waals surface area contributed by atoms with Gasteiger partial charge < -0.3 is 10.2 Å². The van der Waals surface area contributed by atoms with Crippen LogP contribution in [0.25, 0.3) is 0 Å². The lowest BCUT2D eigenvalue weighted by molar-refractivity contribution is -0.138. The van der Waals surface area contributed by atoms with E-state index in [9.17, 15) is 18.0 Å². The summed E-state index contributed by atoms with van der Waals surface area (Å²) < 4.78 is 38.4. The van der Waals surface area contributed by atoms with E-state index in [4.69, 9.17) is 0 Å². The SMILES string of the molecule is CC(C)(C(=O)NC1C2CC3CC(C2)CC1C3)N1CCN(c2ccc(C(F)(F)F)cn2)CC1. The van der Waals surface area contributed by atoms with Crippen LogP contribution in [0.4, 0.5) is 19.0 Å². The quantitative estimate of drug-likeness (QED) is 0.755. The van der Waals surface area contributed by atoms with Crippen molar-refractivity contribution in [3.05, 3.63) is 23.9 Å². The molecule has 0 aromatic carbocycles. The van der Waals surface area contributed by atoms with E-state index in [1.54, 1.807) is 0 Å². The average molecular weight is 451 g/mol. The van der Waals surface area contributed by atoms with Crippen LogP contribution in [0.2, 0.25) is 0 Å². The van der Waals surface area contributed by atoms with E-state index < -0.39 is 17.3 Å². The van der Waals surface area contributed by atoms with Gasteiger partial charge in [0, 0.05) is 38.4 Å². The van der Waals surface area contributed by atoms with Gasteiger partial charge in [0.25, 0.3) is 0 Å². The first-order chi connectivity index (χ1) is 15.1. The van der Waals surface area contributed by atoms with Crippen molar-refractivity contribution < 1.29 is 18.0 Å². The summed E-state index contributed by atoms with van der Waals surface area (Å²) in [5, 5.41) is 3.45. The highest BCUT2D eigenvalue weighted by molar-refractivity contribution is 5.85. The van der Waals surface area contributed by atoms with Gasteiger partial charge in [-0.1, -0.05) is 0 Å². The zero-order valence-corrected chi connectivity index (χ0v) is 18.9. The minimum absolute atomic E-state index is 0.107. The molecule has 4 saturated carbocycles. The van der Waals surface area contributed by atoms with Crippen LogP contribution in [0.1, 0.15) is 51.5 Å². The lowest BCUT2D eigenvalue weighted by Gasteiger charge is -2.55. The Hall–Kier alpha value is -1.83. The number of anilines is 1. The Kier molecular flexibility index (Phi) is 5.42. The minimum Gasteiger partial charge on any atom is -0.354 e. The summed E-state index contributed by atoms with van der Waals surface area (Å²) in [7, 11) is 0. The molecule has 1 amide bonds. The van der Waals surface area contributed by atoms with E-state index in [-0.39, 0.29) is 5.91 Å². The lowest BCUT2D eigenvalue weighted by atomic mass is 9.54. The van der Waals surface area contributed by atoms with E-state index in [0.29, 0.717) is 49.9 Å². The number of halogens is 3. The topological polar surface area (TPSA) is 48.5 Å². The van der Waals surface area contributed by atoms with Gasteiger partial charge in [-0.3, -0.25) is 9.69 Å². The number of hydrogen-bond donors (Lipinski definition) is 1. The van der Waals surface area contributed by atoms with Crippen molar-refractivity contribution >= 4 is 11.7 Å². The van der Waals surface area contributed by atoms with Crippen LogP contribution < -0.4 is 10.2 Å². The molecule has 0 unspecified atom stereocenters. The fourth-order valence-corrected chi connectivity index (χ4v) is 6.87. The van der Waals surface area contributed by atoms with Gasteiger partial charge in [-0.25, -0.2) is 4.98 Å². The van der Waals surface area contributed by atoms with Crippen LogP contribution in [-0.2, 0) is 11.0 Å². The van der Waals surface area contributed by atoms with Gasteiger partial charge in [-0.15, -0.1) is 0 Å². The number of alkyl halides is 3. The maximum atomic E-state index is 13.4. The molecule has 1 aromatic rings. The first-order valence-corrected chi connectivity index (χ1v) is 12.0. The first-order valence-electron chi connectivity index (χ1n) is 12.0. The summed E-state index contributed by atoms with van der Waals surface area (Å²) in [5.41, 5.74) is -1.35. The molecular formula is C24H33F3N4O. The Morgan fingerprint density at radius 2 is 1.56 bits per heavy atom. The Balaban J connectivity index is 1.18. The number of aromatic nitrogens is 1. The largest absolute Gasteiger partial charge is 0.417 e. The first kappa shape index (κ1) is 22.0. The highest BCUT2D eigenvalue weighted by Crippen LogP contribution is 2.53. The van der Waals surface area contributed by atoms with Crippen molar-refractivity contribution in [3.63, 3.8) is 0 Å². The molecule has 0 radical (unpaired) electrons. The Labute approximate surface area is 187 Å². The van der Waals surface area contributed by atoms with Gasteiger partial charge in [0.2, 0.25) is 5.91 Å². The molecule has 4 aliphatic carbocycles. The molecule has 8 heteroatoms. The van der Waals surface area contributed by atoms with E-state index >= 15 is 0 Å². The van der Waals surface area contributed by atoms with Crippen molar-refractivity contribution in [2.45, 2.75) is 63.7 Å². The van der Waals surface area contributed by atoms with Gasteiger partial charge >= 0.3 is 6.18 Å². The predicted molar refractivity (Wildman–Crippen MR) is 116 cm³/mol. The third kappa shape index (κ3) is 3.99. The molecule has 1 saturated heterocycles. The zero-order chi connectivity index (χ0) is 22.7. The summed E-state index contributed by atoms with van der Waals surface area (Å²) in [4.78, 5) is 21.6. The summed E-state index contributed by atoms with van der Waals surface area (Å²) in [6.07, 6.45) is 3.02. The Morgan fingerprint density at radius 3 is 2.06 bits per heavy atom. The number of carbonyl (C=O) groups is 1. The van der Waals surface area contributed by atoms with Gasteiger partial charge in [0.15, 0.2) is 0 Å². The monoisotopic (exact) mass is 450 g/mol. The molecule has 5 nitrogen and oxygen atoms in total. The normalized spacial score (nSPS) is 32.9. The van der Waals surface area contributed by atoms with Crippen LogP contribution in [0.15, 0.2) is 18.3 Å². The fourth-order valence-electron chi connectivity index (χ4n) is 6.87. The standard InChI is InChI=1S/C24H33F3N4O/c1-23(2,22(32)29-21-17-10-15-9-16(12-17)13-18(21)11-15)31-7-5-30(6-8-31)20-4-3-19(14-28-20)24(25,26)27/h3-4,14-18,21H,5-13H2,1-2H3,(H,29,32). The van der Waals surface area contributed by atoms with Gasteiger partial charge in [-0.2, -0.15) is 13.2 Å². The number of amides is 1. The third-order valence-corrected chi connectivity index (χ3v) is 8.55. The second-order valence-corrected chi connectivity index (χ2v) is 10.9. The van der Waals surface area contributed by atoms with Crippen LogP contribution in [0.5, 0.6) is 0 Å². The molecule has 5 aliphatic rings. The van der Waals surface area contributed by atoms with Gasteiger partial charge in [-0.05, 0) is 81.8 Å². The number of piperazine rings is 1. The molecule has 5 fully saturated rings. The van der Waals surface area contributed by atoms with E-state index in [1.807, 2.05) is 18.7 Å². The lowest BCUT2D eigenvalue weighted by Crippen LogP contribution is -2.64. The fraction of sp³-hybridized carbons (Fsp3) is 0.750. The molecule has 0 atom stereocenters. The van der Waals surface area contributed by atoms with E-state index in [1.165, 1.54) is 38.2 Å². The summed E-state index contributed by atoms with van der Waals surface area (Å²) >= 11 is 0. The van der Waals surface area contributed by atoms with Crippen molar-refractivity contribution in [1.29, 1.82) is 0 Å². The molecule has 0 spiro atoms. The number of nitrogens with one attached hydrogen (secondary N) is 1. The van der Waals surface area contributed by atoms with Gasteiger partial charge in [0.05, 0.1) is 11.1 Å². The maximum absolute atomic E-state index is 13.4. The molecule has 4 bridgehead atoms. The number of pyridine rings is 1. The molecule has 32 heavy (non-hydrogen) atoms. The zero-order valence-electron chi connectivity index (χ0n) is 18.9. The third-order valence-electron chi connectivity index (χ3n) is 8.55. The van der Waals surface area contributed by atoms with E-state index in [2.05, 4.69) is 15.2 Å². The highest BCUT2D eigenvalue weighted by atomic mass is 19.4. The summed E-state index contributed by atoms with van der Waals surface area (Å²) in [6, 6.07) is 2.84. The van der Waals surface area contributed by atoms with Crippen LogP contribution in [0.3, 0.4) is 0 Å². The van der Waals surface area contributed by atoms with Crippen molar-refractivity contribution in [2.75, 3.05) is 31.1 Å². The van der Waals surface area contributed by atoms with Crippen LogP contribution >= 0.6 is 0 Å². The maximum Gasteiger partial charge on any atom is 0.417 e. The molecular weight excluding hydrogens is 417 g/mol. The molecule has 1 aromatic heterocycles. The predicted octanol–water partition coefficient (Wildman–Crippen LogP) is 3.94. The molecule has 6 rings (SSSR count). The van der Waals surface area contributed by atoms with Crippen molar-refractivity contribution in [2.24, 2.45) is 23.7 Å². The second-order valence-electron chi connectivity index (χ2n) is 10.9. The average Bonchev–Trinajstić information content (AvgIpc) is 2.75. The molecule has 176 valence electrons. The van der Waals surface area contributed by atoms with Crippen LogP contribution in [0, 0.1) is 23.7 Å². The second kappa shape index (κ2) is 7.89.